The van der Waals surface area contributed by atoms with Gasteiger partial charge >= 0.3 is 0 Å². The molecule has 4 nitrogen and oxygen atoms in total. The standard InChI is InChI=1S/C18H28N2O2/c1-13-14(11-15(22-13)17(2,3)4)16(21)20-9-6-7-18(12-20)8-10-19(18)5/h11H,6-10,12H2,1-5H3/t18-/m1/s1. The smallest absolute Gasteiger partial charge is 0.257 e. The van der Waals surface area contributed by atoms with Crippen molar-refractivity contribution >= 4 is 5.91 Å². The van der Waals surface area contributed by atoms with Crippen LogP contribution in [0.25, 0.3) is 0 Å². The second-order valence-corrected chi connectivity index (χ2v) is 8.06. The average molecular weight is 304 g/mol. The minimum Gasteiger partial charge on any atom is -0.465 e. The number of amides is 1. The molecule has 22 heavy (non-hydrogen) atoms. The quantitative estimate of drug-likeness (QED) is 0.799. The lowest BCUT2D eigenvalue weighted by Crippen LogP contribution is -2.66. The van der Waals surface area contributed by atoms with Gasteiger partial charge in [-0.25, -0.2) is 0 Å². The minimum atomic E-state index is -0.0688. The highest BCUT2D eigenvalue weighted by molar-refractivity contribution is 5.95. The zero-order valence-corrected chi connectivity index (χ0v) is 14.5. The Labute approximate surface area is 133 Å². The van der Waals surface area contributed by atoms with Crippen LogP contribution in [-0.4, -0.2) is 47.9 Å². The third-order valence-corrected chi connectivity index (χ3v) is 5.45. The van der Waals surface area contributed by atoms with Gasteiger partial charge in [0.1, 0.15) is 11.5 Å². The van der Waals surface area contributed by atoms with Crippen LogP contribution in [0.1, 0.15) is 61.9 Å². The van der Waals surface area contributed by atoms with Crippen LogP contribution in [0.2, 0.25) is 0 Å². The fourth-order valence-corrected chi connectivity index (χ4v) is 3.69. The van der Waals surface area contributed by atoms with E-state index in [-0.39, 0.29) is 16.9 Å². The molecule has 0 radical (unpaired) electrons. The summed E-state index contributed by atoms with van der Waals surface area (Å²) in [5, 5.41) is 0. The normalized spacial score (nSPS) is 26.3. The van der Waals surface area contributed by atoms with Crippen LogP contribution in [0.15, 0.2) is 10.5 Å². The number of likely N-dealkylation sites (N-methyl/N-ethyl adjacent to an activating group) is 1. The Morgan fingerprint density at radius 1 is 1.27 bits per heavy atom. The summed E-state index contributed by atoms with van der Waals surface area (Å²) in [6, 6.07) is 1.95. The zero-order valence-electron chi connectivity index (χ0n) is 14.5. The van der Waals surface area contributed by atoms with Crippen molar-refractivity contribution in [2.45, 2.75) is 57.9 Å². The van der Waals surface area contributed by atoms with E-state index in [4.69, 9.17) is 4.42 Å². The molecule has 2 saturated heterocycles. The van der Waals surface area contributed by atoms with Crippen molar-refractivity contribution in [3.63, 3.8) is 0 Å². The van der Waals surface area contributed by atoms with E-state index in [1.807, 2.05) is 17.9 Å². The van der Waals surface area contributed by atoms with Gasteiger partial charge in [-0.2, -0.15) is 0 Å². The third-order valence-electron chi connectivity index (χ3n) is 5.45. The Kier molecular flexibility index (Phi) is 3.63. The molecule has 0 saturated carbocycles. The van der Waals surface area contributed by atoms with Crippen molar-refractivity contribution < 1.29 is 9.21 Å². The van der Waals surface area contributed by atoms with Gasteiger partial charge in [-0.05, 0) is 39.3 Å². The first-order valence-corrected chi connectivity index (χ1v) is 8.34. The summed E-state index contributed by atoms with van der Waals surface area (Å²) in [6.07, 6.45) is 3.52. The van der Waals surface area contributed by atoms with E-state index in [0.29, 0.717) is 0 Å². The van der Waals surface area contributed by atoms with Gasteiger partial charge in [0.15, 0.2) is 0 Å². The topological polar surface area (TPSA) is 36.7 Å². The summed E-state index contributed by atoms with van der Waals surface area (Å²) in [5.41, 5.74) is 0.905. The van der Waals surface area contributed by atoms with Gasteiger partial charge in [-0.15, -0.1) is 0 Å². The third kappa shape index (κ3) is 2.47. The van der Waals surface area contributed by atoms with Crippen molar-refractivity contribution in [1.82, 2.24) is 9.80 Å². The molecule has 0 N–H and O–H groups in total. The lowest BCUT2D eigenvalue weighted by atomic mass is 9.78. The van der Waals surface area contributed by atoms with E-state index in [0.717, 1.165) is 43.1 Å². The summed E-state index contributed by atoms with van der Waals surface area (Å²) >= 11 is 0. The number of piperidine rings is 1. The second kappa shape index (κ2) is 5.12. The Morgan fingerprint density at radius 3 is 2.50 bits per heavy atom. The number of furan rings is 1. The molecule has 3 rings (SSSR count). The highest BCUT2D eigenvalue weighted by Gasteiger charge is 2.46. The Hall–Kier alpha value is -1.29. The molecule has 2 fully saturated rings. The SMILES string of the molecule is Cc1oc(C(C)(C)C)cc1C(=O)N1CCC[C@@]2(CCN2C)C1. The molecule has 0 unspecified atom stereocenters. The Morgan fingerprint density at radius 2 is 2.00 bits per heavy atom. The van der Waals surface area contributed by atoms with Crippen LogP contribution in [-0.2, 0) is 5.41 Å². The molecule has 0 aromatic carbocycles. The molecular weight excluding hydrogens is 276 g/mol. The minimum absolute atomic E-state index is 0.0688. The zero-order chi connectivity index (χ0) is 16.1. The highest BCUT2D eigenvalue weighted by atomic mass is 16.3. The number of hydrogen-bond acceptors (Lipinski definition) is 3. The maximum absolute atomic E-state index is 12.9. The predicted molar refractivity (Wildman–Crippen MR) is 87.3 cm³/mol. The van der Waals surface area contributed by atoms with Crippen molar-refractivity contribution in [3.8, 4) is 0 Å². The van der Waals surface area contributed by atoms with Crippen LogP contribution in [0.3, 0.4) is 0 Å². The molecule has 3 heterocycles. The molecule has 0 aliphatic carbocycles. The van der Waals surface area contributed by atoms with Crippen molar-refractivity contribution in [1.29, 1.82) is 0 Å². The fraction of sp³-hybridized carbons (Fsp3) is 0.722. The molecule has 1 amide bonds. The molecule has 4 heteroatoms. The molecule has 0 bridgehead atoms. The molecule has 2 aliphatic rings. The molecule has 1 spiro atoms. The molecule has 122 valence electrons. The molecule has 1 aromatic rings. The monoisotopic (exact) mass is 304 g/mol. The first kappa shape index (κ1) is 15.6. The summed E-state index contributed by atoms with van der Waals surface area (Å²) in [5.74, 6) is 1.77. The van der Waals surface area contributed by atoms with E-state index in [9.17, 15) is 4.79 Å². The largest absolute Gasteiger partial charge is 0.465 e. The van der Waals surface area contributed by atoms with E-state index in [2.05, 4.69) is 32.7 Å². The lowest BCUT2D eigenvalue weighted by molar-refractivity contribution is -0.0409. The maximum atomic E-state index is 12.9. The number of nitrogens with zero attached hydrogens (tertiary/aromatic N) is 2. The number of likely N-dealkylation sites (tertiary alicyclic amines) is 2. The molecule has 1 aromatic heterocycles. The number of rotatable bonds is 1. The molecule has 2 aliphatic heterocycles. The lowest BCUT2D eigenvalue weighted by Gasteiger charge is -2.55. The summed E-state index contributed by atoms with van der Waals surface area (Å²) in [6.45, 7) is 11.1. The van der Waals surface area contributed by atoms with Gasteiger partial charge in [-0.1, -0.05) is 20.8 Å². The van der Waals surface area contributed by atoms with Crippen LogP contribution in [0.5, 0.6) is 0 Å². The first-order chi connectivity index (χ1) is 10.2. The second-order valence-electron chi connectivity index (χ2n) is 8.06. The fourth-order valence-electron chi connectivity index (χ4n) is 3.69. The average Bonchev–Trinajstić information content (AvgIpc) is 2.87. The highest BCUT2D eigenvalue weighted by Crippen LogP contribution is 2.38. The number of carbonyl (C=O) groups is 1. The Balaban J connectivity index is 1.81. The van der Waals surface area contributed by atoms with Crippen molar-refractivity contribution in [2.24, 2.45) is 0 Å². The summed E-state index contributed by atoms with van der Waals surface area (Å²) in [7, 11) is 2.18. The van der Waals surface area contributed by atoms with Gasteiger partial charge in [0.2, 0.25) is 0 Å². The van der Waals surface area contributed by atoms with E-state index < -0.39 is 0 Å². The van der Waals surface area contributed by atoms with E-state index >= 15 is 0 Å². The number of carbonyl (C=O) groups excluding carboxylic acids is 1. The summed E-state index contributed by atoms with van der Waals surface area (Å²) < 4.78 is 5.85. The van der Waals surface area contributed by atoms with Gasteiger partial charge in [0, 0.05) is 30.6 Å². The number of aryl methyl sites for hydroxylation is 1. The van der Waals surface area contributed by atoms with Crippen molar-refractivity contribution in [3.05, 3.63) is 23.2 Å². The first-order valence-electron chi connectivity index (χ1n) is 8.34. The van der Waals surface area contributed by atoms with Crippen LogP contribution in [0, 0.1) is 6.92 Å². The van der Waals surface area contributed by atoms with E-state index in [1.165, 1.54) is 12.8 Å². The van der Waals surface area contributed by atoms with Gasteiger partial charge < -0.3 is 9.32 Å². The van der Waals surface area contributed by atoms with Gasteiger partial charge in [0.05, 0.1) is 5.56 Å². The maximum Gasteiger partial charge on any atom is 0.257 e. The van der Waals surface area contributed by atoms with Gasteiger partial charge in [0.25, 0.3) is 5.91 Å². The van der Waals surface area contributed by atoms with Crippen LogP contribution >= 0.6 is 0 Å². The van der Waals surface area contributed by atoms with Crippen LogP contribution < -0.4 is 0 Å². The van der Waals surface area contributed by atoms with Crippen molar-refractivity contribution in [2.75, 3.05) is 26.7 Å². The number of hydrogen-bond donors (Lipinski definition) is 0. The molecule has 1 atom stereocenters. The van der Waals surface area contributed by atoms with E-state index in [1.54, 1.807) is 0 Å². The van der Waals surface area contributed by atoms with Crippen LogP contribution in [0.4, 0.5) is 0 Å². The molecular formula is C18H28N2O2. The predicted octanol–water partition coefficient (Wildman–Crippen LogP) is 3.20. The van der Waals surface area contributed by atoms with Gasteiger partial charge in [-0.3, -0.25) is 9.69 Å². The Bertz CT molecular complexity index is 584. The summed E-state index contributed by atoms with van der Waals surface area (Å²) in [4.78, 5) is 17.4.